The average molecular weight is 392 g/mol. The molecule has 0 saturated heterocycles. The van der Waals surface area contributed by atoms with Gasteiger partial charge in [-0.25, -0.2) is 0 Å². The van der Waals surface area contributed by atoms with Crippen molar-refractivity contribution in [3.8, 4) is 0 Å². The molecule has 1 aliphatic rings. The van der Waals surface area contributed by atoms with Gasteiger partial charge >= 0.3 is 0 Å². The van der Waals surface area contributed by atoms with Crippen LogP contribution in [0.2, 0.25) is 0 Å². The first-order valence-corrected chi connectivity index (χ1v) is 8.08. The Morgan fingerprint density at radius 2 is 2.00 bits per heavy atom. The lowest BCUT2D eigenvalue weighted by Crippen LogP contribution is -2.44. The second kappa shape index (κ2) is 6.15. The van der Waals surface area contributed by atoms with Gasteiger partial charge < -0.3 is 10.6 Å². The summed E-state index contributed by atoms with van der Waals surface area (Å²) in [6.45, 7) is 2.81. The fourth-order valence-corrected chi connectivity index (χ4v) is 3.05. The summed E-state index contributed by atoms with van der Waals surface area (Å²) in [6, 6.07) is 14.1. The molecule has 3 rings (SSSR count). The maximum atomic E-state index is 12.4. The molecule has 0 bridgehead atoms. The van der Waals surface area contributed by atoms with Crippen molar-refractivity contribution in [3.05, 3.63) is 62.7 Å². The molecule has 4 heteroatoms. The van der Waals surface area contributed by atoms with E-state index in [1.165, 1.54) is 16.7 Å². The predicted octanol–water partition coefficient (Wildman–Crippen LogP) is 3.25. The molecule has 1 unspecified atom stereocenters. The molecule has 21 heavy (non-hydrogen) atoms. The van der Waals surface area contributed by atoms with Crippen LogP contribution < -0.4 is 10.6 Å². The Balaban J connectivity index is 1.70. The maximum absolute atomic E-state index is 12.4. The molecule has 2 aromatic rings. The van der Waals surface area contributed by atoms with Crippen molar-refractivity contribution in [1.82, 2.24) is 5.32 Å². The van der Waals surface area contributed by atoms with E-state index in [0.717, 1.165) is 22.2 Å². The minimum absolute atomic E-state index is 0.0316. The number of hydrogen-bond acceptors (Lipinski definition) is 2. The minimum atomic E-state index is -0.168. The minimum Gasteiger partial charge on any atom is -0.325 e. The number of carbonyl (C=O) groups excluding carboxylic acids is 1. The molecule has 2 aromatic carbocycles. The van der Waals surface area contributed by atoms with Crippen LogP contribution >= 0.6 is 22.6 Å². The monoisotopic (exact) mass is 392 g/mol. The van der Waals surface area contributed by atoms with Gasteiger partial charge in [0.25, 0.3) is 0 Å². The SMILES string of the molecule is Cc1ccc(NC(=O)C2Cc3ccccc3CN2)cc1I. The van der Waals surface area contributed by atoms with Crippen molar-refractivity contribution in [1.29, 1.82) is 0 Å². The van der Waals surface area contributed by atoms with Crippen molar-refractivity contribution in [2.75, 3.05) is 5.32 Å². The van der Waals surface area contributed by atoms with Gasteiger partial charge in [-0.15, -0.1) is 0 Å². The molecule has 0 radical (unpaired) electrons. The van der Waals surface area contributed by atoms with E-state index >= 15 is 0 Å². The van der Waals surface area contributed by atoms with Crippen LogP contribution in [0.1, 0.15) is 16.7 Å². The van der Waals surface area contributed by atoms with E-state index in [9.17, 15) is 4.79 Å². The van der Waals surface area contributed by atoms with E-state index in [4.69, 9.17) is 0 Å². The van der Waals surface area contributed by atoms with Crippen LogP contribution in [-0.2, 0) is 17.8 Å². The lowest BCUT2D eigenvalue weighted by atomic mass is 9.95. The summed E-state index contributed by atoms with van der Waals surface area (Å²) in [5.41, 5.74) is 4.62. The van der Waals surface area contributed by atoms with Crippen molar-refractivity contribution >= 4 is 34.2 Å². The third-order valence-corrected chi connectivity index (χ3v) is 5.00. The highest BCUT2D eigenvalue weighted by atomic mass is 127. The standard InChI is InChI=1S/C17H17IN2O/c1-11-6-7-14(9-15(11)18)20-17(21)16-8-12-4-2-3-5-13(12)10-19-16/h2-7,9,16,19H,8,10H2,1H3,(H,20,21). The highest BCUT2D eigenvalue weighted by molar-refractivity contribution is 14.1. The molecular formula is C17H17IN2O. The molecule has 0 aromatic heterocycles. The lowest BCUT2D eigenvalue weighted by Gasteiger charge is -2.25. The number of hydrogen-bond donors (Lipinski definition) is 2. The van der Waals surface area contributed by atoms with E-state index in [2.05, 4.69) is 52.3 Å². The molecule has 1 atom stereocenters. The van der Waals surface area contributed by atoms with Crippen LogP contribution in [0.25, 0.3) is 0 Å². The second-order valence-electron chi connectivity index (χ2n) is 5.36. The van der Waals surface area contributed by atoms with Crippen LogP contribution in [-0.4, -0.2) is 11.9 Å². The smallest absolute Gasteiger partial charge is 0.241 e. The highest BCUT2D eigenvalue weighted by Crippen LogP contribution is 2.19. The van der Waals surface area contributed by atoms with Gasteiger partial charge in [0.2, 0.25) is 5.91 Å². The van der Waals surface area contributed by atoms with E-state index in [1.54, 1.807) is 0 Å². The van der Waals surface area contributed by atoms with Crippen molar-refractivity contribution in [2.45, 2.75) is 25.9 Å². The molecular weight excluding hydrogens is 375 g/mol. The summed E-state index contributed by atoms with van der Waals surface area (Å²) in [6.07, 6.45) is 0.741. The van der Waals surface area contributed by atoms with E-state index in [0.29, 0.717) is 0 Å². The number of halogens is 1. The molecule has 0 saturated carbocycles. The van der Waals surface area contributed by atoms with Crippen molar-refractivity contribution in [2.24, 2.45) is 0 Å². The average Bonchev–Trinajstić information content (AvgIpc) is 2.50. The zero-order chi connectivity index (χ0) is 14.8. The molecule has 108 valence electrons. The number of benzene rings is 2. The van der Waals surface area contributed by atoms with Crippen LogP contribution in [0.4, 0.5) is 5.69 Å². The van der Waals surface area contributed by atoms with E-state index in [1.807, 2.05) is 30.3 Å². The van der Waals surface area contributed by atoms with Gasteiger partial charge in [-0.1, -0.05) is 30.3 Å². The summed E-state index contributed by atoms with van der Waals surface area (Å²) in [5.74, 6) is 0.0316. The molecule has 0 spiro atoms. The summed E-state index contributed by atoms with van der Waals surface area (Å²) in [5, 5.41) is 6.31. The summed E-state index contributed by atoms with van der Waals surface area (Å²) >= 11 is 2.28. The molecule has 1 heterocycles. The van der Waals surface area contributed by atoms with Gasteiger partial charge in [0.1, 0.15) is 0 Å². The first-order chi connectivity index (χ1) is 10.1. The van der Waals surface area contributed by atoms with Gasteiger partial charge in [0.15, 0.2) is 0 Å². The third kappa shape index (κ3) is 3.27. The number of anilines is 1. The second-order valence-corrected chi connectivity index (χ2v) is 6.52. The quantitative estimate of drug-likeness (QED) is 0.771. The lowest BCUT2D eigenvalue weighted by molar-refractivity contribution is -0.118. The topological polar surface area (TPSA) is 41.1 Å². The Morgan fingerprint density at radius 1 is 1.24 bits per heavy atom. The number of amides is 1. The maximum Gasteiger partial charge on any atom is 0.241 e. The first kappa shape index (κ1) is 14.5. The largest absolute Gasteiger partial charge is 0.325 e. The van der Waals surface area contributed by atoms with Crippen LogP contribution in [0.3, 0.4) is 0 Å². The Hall–Kier alpha value is -1.40. The van der Waals surface area contributed by atoms with Crippen LogP contribution in [0.15, 0.2) is 42.5 Å². The summed E-state index contributed by atoms with van der Waals surface area (Å²) in [4.78, 5) is 12.4. The van der Waals surface area contributed by atoms with Gasteiger partial charge in [0.05, 0.1) is 6.04 Å². The normalized spacial score (nSPS) is 17.1. The molecule has 3 nitrogen and oxygen atoms in total. The van der Waals surface area contributed by atoms with Gasteiger partial charge in [-0.05, 0) is 64.8 Å². The number of rotatable bonds is 2. The Kier molecular flexibility index (Phi) is 4.26. The van der Waals surface area contributed by atoms with E-state index < -0.39 is 0 Å². The molecule has 1 aliphatic heterocycles. The zero-order valence-electron chi connectivity index (χ0n) is 11.8. The molecule has 0 aliphatic carbocycles. The fraction of sp³-hybridized carbons (Fsp3) is 0.235. The molecule has 0 fully saturated rings. The van der Waals surface area contributed by atoms with Crippen LogP contribution in [0.5, 0.6) is 0 Å². The fourth-order valence-electron chi connectivity index (χ4n) is 2.54. The Labute approximate surface area is 138 Å². The predicted molar refractivity (Wildman–Crippen MR) is 93.3 cm³/mol. The number of fused-ring (bicyclic) bond motifs is 1. The third-order valence-electron chi connectivity index (χ3n) is 3.84. The highest BCUT2D eigenvalue weighted by Gasteiger charge is 2.23. The Bertz CT molecular complexity index is 684. The van der Waals surface area contributed by atoms with Crippen molar-refractivity contribution in [3.63, 3.8) is 0 Å². The molecule has 2 N–H and O–H groups in total. The number of carbonyl (C=O) groups is 1. The number of aryl methyl sites for hydroxylation is 1. The number of nitrogens with one attached hydrogen (secondary N) is 2. The zero-order valence-corrected chi connectivity index (χ0v) is 14.0. The first-order valence-electron chi connectivity index (χ1n) is 7.00. The summed E-state index contributed by atoms with van der Waals surface area (Å²) < 4.78 is 1.16. The summed E-state index contributed by atoms with van der Waals surface area (Å²) in [7, 11) is 0. The molecule has 1 amide bonds. The van der Waals surface area contributed by atoms with Gasteiger partial charge in [-0.3, -0.25) is 4.79 Å². The van der Waals surface area contributed by atoms with E-state index in [-0.39, 0.29) is 11.9 Å². The van der Waals surface area contributed by atoms with Gasteiger partial charge in [-0.2, -0.15) is 0 Å². The Morgan fingerprint density at radius 3 is 2.76 bits per heavy atom. The van der Waals surface area contributed by atoms with Gasteiger partial charge in [0, 0.05) is 15.8 Å². The van der Waals surface area contributed by atoms with Crippen molar-refractivity contribution < 1.29 is 4.79 Å². The van der Waals surface area contributed by atoms with Crippen LogP contribution in [0, 0.1) is 10.5 Å².